The van der Waals surface area contributed by atoms with E-state index in [0.717, 1.165) is 42.5 Å². The van der Waals surface area contributed by atoms with Crippen LogP contribution in [-0.4, -0.2) is 42.6 Å². The van der Waals surface area contributed by atoms with Gasteiger partial charge in [0.2, 0.25) is 0 Å². The lowest BCUT2D eigenvalue weighted by molar-refractivity contribution is -0.121. The molecule has 29 heavy (non-hydrogen) atoms. The van der Waals surface area contributed by atoms with Crippen molar-refractivity contribution in [2.45, 2.75) is 84.2 Å². The third kappa shape index (κ3) is 4.63. The average molecular weight is 399 g/mol. The van der Waals surface area contributed by atoms with E-state index in [4.69, 9.17) is 4.74 Å². The van der Waals surface area contributed by atoms with Crippen LogP contribution in [0.15, 0.2) is 18.2 Å². The molecule has 0 radical (unpaired) electrons. The molecule has 0 N–H and O–H groups in total. The quantitative estimate of drug-likeness (QED) is 0.566. The summed E-state index contributed by atoms with van der Waals surface area (Å²) in [4.78, 5) is 17.4. The minimum Gasteiger partial charge on any atom is -0.482 e. The van der Waals surface area contributed by atoms with Gasteiger partial charge < -0.3 is 9.64 Å². The van der Waals surface area contributed by atoms with Gasteiger partial charge in [-0.1, -0.05) is 45.6 Å². The Balaban J connectivity index is 1.36. The Labute approximate surface area is 176 Å². The van der Waals surface area contributed by atoms with Crippen LogP contribution in [0, 0.1) is 18.8 Å². The van der Waals surface area contributed by atoms with Crippen LogP contribution in [0.5, 0.6) is 5.75 Å². The lowest BCUT2D eigenvalue weighted by atomic mass is 9.86. The van der Waals surface area contributed by atoms with Crippen molar-refractivity contribution in [3.8, 4) is 5.75 Å². The molecule has 2 saturated heterocycles. The first kappa shape index (κ1) is 20.7. The van der Waals surface area contributed by atoms with Crippen molar-refractivity contribution < 1.29 is 9.53 Å². The summed E-state index contributed by atoms with van der Waals surface area (Å²) < 4.78 is 5.65. The predicted octanol–water partition coefficient (Wildman–Crippen LogP) is 5.18. The number of hydrogen-bond donors (Lipinski definition) is 0. The van der Waals surface area contributed by atoms with Gasteiger partial charge in [-0.15, -0.1) is 0 Å². The molecule has 1 aromatic rings. The van der Waals surface area contributed by atoms with Gasteiger partial charge in [0.05, 0.1) is 5.69 Å². The molecule has 4 heteroatoms. The molecular formula is C25H38N2O2. The summed E-state index contributed by atoms with van der Waals surface area (Å²) in [6.07, 6.45) is 11.1. The summed E-state index contributed by atoms with van der Waals surface area (Å²) in [5.74, 6) is 2.34. The Bertz CT molecular complexity index is 705. The highest BCUT2D eigenvalue weighted by atomic mass is 16.5. The summed E-state index contributed by atoms with van der Waals surface area (Å²) >= 11 is 0. The van der Waals surface area contributed by atoms with Crippen molar-refractivity contribution in [2.24, 2.45) is 11.8 Å². The van der Waals surface area contributed by atoms with Gasteiger partial charge in [0.15, 0.2) is 6.61 Å². The van der Waals surface area contributed by atoms with E-state index in [2.05, 4.69) is 37.8 Å². The molecule has 4 nitrogen and oxygen atoms in total. The average Bonchev–Trinajstić information content (AvgIpc) is 2.92. The van der Waals surface area contributed by atoms with E-state index in [1.807, 2.05) is 11.0 Å². The molecule has 4 rings (SSSR count). The van der Waals surface area contributed by atoms with Crippen LogP contribution in [0.2, 0.25) is 0 Å². The summed E-state index contributed by atoms with van der Waals surface area (Å²) in [7, 11) is 0. The van der Waals surface area contributed by atoms with Gasteiger partial charge in [-0.05, 0) is 62.1 Å². The Morgan fingerprint density at radius 2 is 1.90 bits per heavy atom. The topological polar surface area (TPSA) is 32.8 Å². The molecule has 1 amide bonds. The second kappa shape index (κ2) is 9.07. The summed E-state index contributed by atoms with van der Waals surface area (Å²) in [6, 6.07) is 7.69. The minimum absolute atomic E-state index is 0.0903. The van der Waals surface area contributed by atoms with Crippen molar-refractivity contribution in [3.63, 3.8) is 0 Å². The standard InChI is InChI=1S/C25H38N2O2/c1-4-5-6-7-20-13-21-9-10-22(14-20)26(21)15-19(3)16-27-23-12-18(2)8-11-24(23)29-17-25(27)28/h8,11-12,19-22H,4-7,9-10,13-17H2,1-3H3/t19?,20?,21-,22?/m1/s1. The van der Waals surface area contributed by atoms with Crippen LogP contribution in [0.3, 0.4) is 0 Å². The van der Waals surface area contributed by atoms with E-state index >= 15 is 0 Å². The van der Waals surface area contributed by atoms with Crippen LogP contribution >= 0.6 is 0 Å². The third-order valence-electron chi connectivity index (χ3n) is 7.27. The third-order valence-corrected chi connectivity index (χ3v) is 7.27. The van der Waals surface area contributed by atoms with Crippen LogP contribution in [0.1, 0.15) is 70.8 Å². The van der Waals surface area contributed by atoms with E-state index in [0.29, 0.717) is 5.92 Å². The second-order valence-electron chi connectivity index (χ2n) is 9.78. The monoisotopic (exact) mass is 398 g/mol. The number of ether oxygens (including phenoxy) is 1. The number of piperidine rings is 1. The smallest absolute Gasteiger partial charge is 0.265 e. The Morgan fingerprint density at radius 1 is 1.14 bits per heavy atom. The maximum atomic E-state index is 12.6. The zero-order chi connectivity index (χ0) is 20.4. The number of anilines is 1. The van der Waals surface area contributed by atoms with Gasteiger partial charge in [-0.2, -0.15) is 0 Å². The summed E-state index contributed by atoms with van der Waals surface area (Å²) in [5.41, 5.74) is 2.12. The van der Waals surface area contributed by atoms with E-state index in [9.17, 15) is 4.79 Å². The molecule has 0 aromatic heterocycles. The zero-order valence-corrected chi connectivity index (χ0v) is 18.5. The minimum atomic E-state index is 0.0903. The molecule has 3 heterocycles. The number of aryl methyl sites for hydroxylation is 1. The number of carbonyl (C=O) groups is 1. The van der Waals surface area contributed by atoms with Crippen molar-refractivity contribution in [3.05, 3.63) is 23.8 Å². The lowest BCUT2D eigenvalue weighted by Gasteiger charge is -2.41. The molecule has 0 aliphatic carbocycles. The normalized spacial score (nSPS) is 27.6. The fraction of sp³-hybridized carbons (Fsp3) is 0.720. The number of rotatable bonds is 8. The van der Waals surface area contributed by atoms with Crippen LogP contribution < -0.4 is 9.64 Å². The molecule has 4 atom stereocenters. The zero-order valence-electron chi connectivity index (χ0n) is 18.5. The molecular weight excluding hydrogens is 360 g/mol. The van der Waals surface area contributed by atoms with E-state index < -0.39 is 0 Å². The van der Waals surface area contributed by atoms with E-state index in [-0.39, 0.29) is 12.5 Å². The Hall–Kier alpha value is -1.55. The first-order valence-corrected chi connectivity index (χ1v) is 11.8. The van der Waals surface area contributed by atoms with Gasteiger partial charge in [-0.3, -0.25) is 9.69 Å². The van der Waals surface area contributed by atoms with Crippen LogP contribution in [-0.2, 0) is 4.79 Å². The molecule has 0 saturated carbocycles. The first-order chi connectivity index (χ1) is 14.0. The SMILES string of the molecule is CCCCCC1CC2CC[C@H](C1)N2CC(C)CN1C(=O)COc2ccc(C)cc21. The predicted molar refractivity (Wildman–Crippen MR) is 119 cm³/mol. The van der Waals surface area contributed by atoms with Gasteiger partial charge in [0, 0.05) is 25.2 Å². The highest BCUT2D eigenvalue weighted by molar-refractivity contribution is 5.97. The van der Waals surface area contributed by atoms with E-state index in [1.165, 1.54) is 56.9 Å². The van der Waals surface area contributed by atoms with E-state index in [1.54, 1.807) is 0 Å². The highest BCUT2D eigenvalue weighted by Crippen LogP contribution is 2.41. The number of benzene rings is 1. The summed E-state index contributed by atoms with van der Waals surface area (Å²) in [5, 5.41) is 0. The molecule has 0 spiro atoms. The number of fused-ring (bicyclic) bond motifs is 3. The van der Waals surface area contributed by atoms with Crippen molar-refractivity contribution in [1.29, 1.82) is 0 Å². The van der Waals surface area contributed by atoms with Crippen molar-refractivity contribution >= 4 is 11.6 Å². The second-order valence-corrected chi connectivity index (χ2v) is 9.78. The molecule has 3 aliphatic heterocycles. The maximum Gasteiger partial charge on any atom is 0.265 e. The van der Waals surface area contributed by atoms with Gasteiger partial charge in [0.25, 0.3) is 5.91 Å². The van der Waals surface area contributed by atoms with Gasteiger partial charge >= 0.3 is 0 Å². The first-order valence-electron chi connectivity index (χ1n) is 11.8. The lowest BCUT2D eigenvalue weighted by Crippen LogP contribution is -2.48. The largest absolute Gasteiger partial charge is 0.482 e. The number of unbranched alkanes of at least 4 members (excludes halogenated alkanes) is 2. The van der Waals surface area contributed by atoms with Crippen LogP contribution in [0.4, 0.5) is 5.69 Å². The summed E-state index contributed by atoms with van der Waals surface area (Å²) in [6.45, 7) is 8.75. The molecule has 1 aromatic carbocycles. The maximum absolute atomic E-state index is 12.6. The fourth-order valence-electron chi connectivity index (χ4n) is 5.85. The van der Waals surface area contributed by atoms with Crippen molar-refractivity contribution in [2.75, 3.05) is 24.6 Å². The van der Waals surface area contributed by atoms with Crippen LogP contribution in [0.25, 0.3) is 0 Å². The molecule has 160 valence electrons. The molecule has 2 fully saturated rings. The molecule has 3 aliphatic rings. The Kier molecular flexibility index (Phi) is 6.48. The Morgan fingerprint density at radius 3 is 2.62 bits per heavy atom. The number of hydrogen-bond acceptors (Lipinski definition) is 3. The molecule has 2 bridgehead atoms. The number of nitrogens with zero attached hydrogens (tertiary/aromatic N) is 2. The van der Waals surface area contributed by atoms with Crippen molar-refractivity contribution in [1.82, 2.24) is 4.90 Å². The number of carbonyl (C=O) groups excluding carboxylic acids is 1. The fourth-order valence-corrected chi connectivity index (χ4v) is 5.85. The highest BCUT2D eigenvalue weighted by Gasteiger charge is 2.41. The molecule has 3 unspecified atom stereocenters. The van der Waals surface area contributed by atoms with Gasteiger partial charge in [-0.25, -0.2) is 0 Å². The van der Waals surface area contributed by atoms with Gasteiger partial charge in [0.1, 0.15) is 5.75 Å². The number of amides is 1.